The number of aliphatic hydroxyl groups is 1. The van der Waals surface area contributed by atoms with Gasteiger partial charge in [-0.2, -0.15) is 0 Å². The Morgan fingerprint density at radius 1 is 1.16 bits per heavy atom. The van der Waals surface area contributed by atoms with Crippen LogP contribution in [-0.4, -0.2) is 42.0 Å². The molecule has 0 aliphatic carbocycles. The number of Topliss-reactive ketones (excluding diaryl/α,β-unsaturated/α-hetero) is 1. The maximum Gasteiger partial charge on any atom is 0.303 e. The van der Waals surface area contributed by atoms with Crippen LogP contribution in [0.25, 0.3) is 0 Å². The van der Waals surface area contributed by atoms with Crippen LogP contribution in [0.5, 0.6) is 11.5 Å². The second kappa shape index (κ2) is 7.98. The van der Waals surface area contributed by atoms with Gasteiger partial charge in [0.25, 0.3) is 0 Å². The second-order valence-electron chi connectivity index (χ2n) is 8.37. The summed E-state index contributed by atoms with van der Waals surface area (Å²) in [6, 6.07) is 12.8. The van der Waals surface area contributed by atoms with Gasteiger partial charge in [-0.3, -0.25) is 9.59 Å². The largest absolute Gasteiger partial charge is 0.496 e. The molecule has 31 heavy (non-hydrogen) atoms. The summed E-state index contributed by atoms with van der Waals surface area (Å²) in [5, 5.41) is 10.8. The van der Waals surface area contributed by atoms with E-state index in [1.54, 1.807) is 26.0 Å². The number of aliphatic hydroxyl groups excluding tert-OH is 1. The summed E-state index contributed by atoms with van der Waals surface area (Å²) < 4.78 is 23.2. The van der Waals surface area contributed by atoms with Crippen molar-refractivity contribution in [2.24, 2.45) is 0 Å². The molecule has 7 nitrogen and oxygen atoms in total. The minimum absolute atomic E-state index is 0.0734. The Bertz CT molecular complexity index is 998. The van der Waals surface area contributed by atoms with E-state index < -0.39 is 36.0 Å². The van der Waals surface area contributed by atoms with Crippen LogP contribution in [0.1, 0.15) is 60.7 Å². The molecule has 2 aromatic carbocycles. The highest BCUT2D eigenvalue weighted by molar-refractivity contribution is 6.01. The van der Waals surface area contributed by atoms with Gasteiger partial charge in [0.15, 0.2) is 12.1 Å². The van der Waals surface area contributed by atoms with E-state index in [9.17, 15) is 14.7 Å². The molecule has 4 unspecified atom stereocenters. The normalized spacial score (nSPS) is 26.7. The number of methoxy groups -OCH3 is 1. The van der Waals surface area contributed by atoms with Crippen molar-refractivity contribution in [2.45, 2.75) is 57.2 Å². The number of ketones is 1. The summed E-state index contributed by atoms with van der Waals surface area (Å²) in [5.41, 5.74) is 0.774. The number of rotatable bonds is 4. The van der Waals surface area contributed by atoms with E-state index in [1.165, 1.54) is 14.0 Å². The zero-order chi connectivity index (χ0) is 22.3. The first-order chi connectivity index (χ1) is 14.7. The Morgan fingerprint density at radius 2 is 1.87 bits per heavy atom. The van der Waals surface area contributed by atoms with Gasteiger partial charge in [-0.05, 0) is 31.5 Å². The molecular formula is C24H26O7. The maximum absolute atomic E-state index is 13.0. The highest BCUT2D eigenvalue weighted by atomic mass is 16.7. The van der Waals surface area contributed by atoms with Gasteiger partial charge in [0.05, 0.1) is 25.0 Å². The molecule has 4 rings (SSSR count). The van der Waals surface area contributed by atoms with E-state index in [-0.39, 0.29) is 12.2 Å². The van der Waals surface area contributed by atoms with Crippen molar-refractivity contribution in [3.8, 4) is 11.5 Å². The van der Waals surface area contributed by atoms with Crippen LogP contribution in [-0.2, 0) is 14.3 Å². The molecular weight excluding hydrogens is 400 g/mol. The van der Waals surface area contributed by atoms with Crippen LogP contribution in [0.2, 0.25) is 0 Å². The molecule has 2 aliphatic heterocycles. The molecule has 1 fully saturated rings. The van der Waals surface area contributed by atoms with Crippen LogP contribution in [0.4, 0.5) is 0 Å². The van der Waals surface area contributed by atoms with Crippen molar-refractivity contribution in [1.29, 1.82) is 0 Å². The first-order valence-corrected chi connectivity index (χ1v) is 10.2. The molecule has 4 atom stereocenters. The lowest BCUT2D eigenvalue weighted by Crippen LogP contribution is -2.38. The maximum atomic E-state index is 13.0. The lowest BCUT2D eigenvalue weighted by atomic mass is 9.83. The molecule has 0 aromatic heterocycles. The average Bonchev–Trinajstić information content (AvgIpc) is 2.94. The lowest BCUT2D eigenvalue weighted by molar-refractivity contribution is -0.160. The molecule has 2 heterocycles. The van der Waals surface area contributed by atoms with E-state index in [0.29, 0.717) is 22.6 Å². The number of carbonyl (C=O) groups excluding carboxylic acids is 2. The van der Waals surface area contributed by atoms with Crippen molar-refractivity contribution >= 4 is 11.8 Å². The third-order valence-electron chi connectivity index (χ3n) is 5.85. The summed E-state index contributed by atoms with van der Waals surface area (Å²) in [6.45, 7) is 4.79. The van der Waals surface area contributed by atoms with Crippen LogP contribution in [0.3, 0.4) is 0 Å². The third kappa shape index (κ3) is 3.79. The summed E-state index contributed by atoms with van der Waals surface area (Å²) in [4.78, 5) is 24.8. The molecule has 0 radical (unpaired) electrons. The van der Waals surface area contributed by atoms with Crippen molar-refractivity contribution in [3.63, 3.8) is 0 Å². The van der Waals surface area contributed by atoms with Gasteiger partial charge in [0.2, 0.25) is 0 Å². The highest BCUT2D eigenvalue weighted by Gasteiger charge is 2.54. The topological polar surface area (TPSA) is 91.3 Å². The fourth-order valence-electron chi connectivity index (χ4n) is 4.46. The van der Waals surface area contributed by atoms with E-state index in [4.69, 9.17) is 18.9 Å². The summed E-state index contributed by atoms with van der Waals surface area (Å²) in [5.74, 6) is -0.625. The molecule has 2 aromatic rings. The highest BCUT2D eigenvalue weighted by Crippen LogP contribution is 2.51. The molecule has 0 saturated carbocycles. The standard InChI is InChI=1S/C24H26O7/c1-13(25)29-22-20(23(27)31-24(22,2)3)19-17(28-4)11-10-15-16(26)12-18(30-21(15)19)14-8-6-5-7-9-14/h5-11,18,20,22-23,27H,12H2,1-4H3. The van der Waals surface area contributed by atoms with Gasteiger partial charge in [0, 0.05) is 12.5 Å². The fraction of sp³-hybridized carbons (Fsp3) is 0.417. The predicted octanol–water partition coefficient (Wildman–Crippen LogP) is 3.54. The van der Waals surface area contributed by atoms with Crippen molar-refractivity contribution in [3.05, 3.63) is 59.2 Å². The summed E-state index contributed by atoms with van der Waals surface area (Å²) in [7, 11) is 1.50. The minimum Gasteiger partial charge on any atom is -0.496 e. The number of ether oxygens (including phenoxy) is 4. The smallest absolute Gasteiger partial charge is 0.303 e. The van der Waals surface area contributed by atoms with Crippen LogP contribution < -0.4 is 9.47 Å². The van der Waals surface area contributed by atoms with Crippen molar-refractivity contribution < 1.29 is 33.6 Å². The number of esters is 1. The Labute approximate surface area is 180 Å². The first kappa shape index (κ1) is 21.3. The quantitative estimate of drug-likeness (QED) is 0.748. The molecule has 0 bridgehead atoms. The van der Waals surface area contributed by atoms with Gasteiger partial charge >= 0.3 is 5.97 Å². The van der Waals surface area contributed by atoms with Gasteiger partial charge in [-0.25, -0.2) is 0 Å². The van der Waals surface area contributed by atoms with E-state index >= 15 is 0 Å². The van der Waals surface area contributed by atoms with Gasteiger partial charge in [-0.1, -0.05) is 30.3 Å². The van der Waals surface area contributed by atoms with Gasteiger partial charge < -0.3 is 24.1 Å². The molecule has 7 heteroatoms. The van der Waals surface area contributed by atoms with Crippen LogP contribution in [0, 0.1) is 0 Å². The number of hydrogen-bond donors (Lipinski definition) is 1. The minimum atomic E-state index is -1.28. The Hall–Kier alpha value is -2.90. The Kier molecular flexibility index (Phi) is 5.49. The molecule has 0 spiro atoms. The molecule has 1 saturated heterocycles. The van der Waals surface area contributed by atoms with Crippen LogP contribution >= 0.6 is 0 Å². The number of hydrogen-bond acceptors (Lipinski definition) is 7. The van der Waals surface area contributed by atoms with Gasteiger partial charge in [0.1, 0.15) is 29.3 Å². The van der Waals surface area contributed by atoms with Gasteiger partial charge in [-0.15, -0.1) is 0 Å². The zero-order valence-corrected chi connectivity index (χ0v) is 18.0. The zero-order valence-electron chi connectivity index (χ0n) is 18.0. The monoisotopic (exact) mass is 426 g/mol. The average molecular weight is 426 g/mol. The summed E-state index contributed by atoms with van der Waals surface area (Å²) >= 11 is 0. The Morgan fingerprint density at radius 3 is 2.52 bits per heavy atom. The van der Waals surface area contributed by atoms with Crippen LogP contribution in [0.15, 0.2) is 42.5 Å². The number of fused-ring (bicyclic) bond motifs is 1. The molecule has 1 N–H and O–H groups in total. The van der Waals surface area contributed by atoms with E-state index in [1.807, 2.05) is 30.3 Å². The first-order valence-electron chi connectivity index (χ1n) is 10.2. The molecule has 164 valence electrons. The molecule has 2 aliphatic rings. The Balaban J connectivity index is 1.86. The molecule has 0 amide bonds. The number of carbonyl (C=O) groups is 2. The predicted molar refractivity (Wildman–Crippen MR) is 111 cm³/mol. The van der Waals surface area contributed by atoms with E-state index in [0.717, 1.165) is 5.56 Å². The SMILES string of the molecule is COc1ccc2c(c1C1C(O)OC(C)(C)C1OC(C)=O)OC(c1ccccc1)CC2=O. The van der Waals surface area contributed by atoms with E-state index in [2.05, 4.69) is 0 Å². The summed E-state index contributed by atoms with van der Waals surface area (Å²) in [6.07, 6.45) is -2.37. The second-order valence-corrected chi connectivity index (χ2v) is 8.37. The van der Waals surface area contributed by atoms with Crippen molar-refractivity contribution in [1.82, 2.24) is 0 Å². The number of benzene rings is 2. The van der Waals surface area contributed by atoms with Crippen molar-refractivity contribution in [2.75, 3.05) is 7.11 Å². The third-order valence-corrected chi connectivity index (χ3v) is 5.85. The lowest BCUT2D eigenvalue weighted by Gasteiger charge is -2.32. The fourth-order valence-corrected chi connectivity index (χ4v) is 4.46.